The van der Waals surface area contributed by atoms with Gasteiger partial charge in [-0.3, -0.25) is 9.59 Å². The molecule has 0 aromatic heterocycles. The number of unbranched alkanes of at least 4 members (excludes halogenated alkanes) is 1. The summed E-state index contributed by atoms with van der Waals surface area (Å²) < 4.78 is 0. The molecule has 1 rings (SSSR count). The molecule has 6 heteroatoms. The van der Waals surface area contributed by atoms with Crippen molar-refractivity contribution in [1.29, 1.82) is 0 Å². The molecule has 0 saturated heterocycles. The summed E-state index contributed by atoms with van der Waals surface area (Å²) in [5, 5.41) is 2.70. The fraction of sp³-hybridized carbons (Fsp3) is 0.467. The Hall–Kier alpha value is -1.59. The third-order valence-electron chi connectivity index (χ3n) is 3.22. The topological polar surface area (TPSA) is 99.8 Å². The number of primary amides is 1. The van der Waals surface area contributed by atoms with Crippen LogP contribution in [0.25, 0.3) is 0 Å². The smallest absolute Gasteiger partial charge is 0.278 e. The Kier molecular flexibility index (Phi) is 9.41. The molecular formula is C15H24ClN3O2. The molecule has 1 aromatic carbocycles. The van der Waals surface area contributed by atoms with Gasteiger partial charge in [0.05, 0.1) is 0 Å². The average molecular weight is 314 g/mol. The van der Waals surface area contributed by atoms with Crippen LogP contribution in [0.3, 0.4) is 0 Å². The van der Waals surface area contributed by atoms with Crippen molar-refractivity contribution in [3.8, 4) is 0 Å². The van der Waals surface area contributed by atoms with Gasteiger partial charge in [0.1, 0.15) is 6.04 Å². The normalized spacial score (nSPS) is 12.9. The summed E-state index contributed by atoms with van der Waals surface area (Å²) in [5.74, 6) is -0.733. The Morgan fingerprint density at radius 1 is 1.29 bits per heavy atom. The zero-order valence-corrected chi connectivity index (χ0v) is 13.1. The molecule has 0 spiro atoms. The van der Waals surface area contributed by atoms with E-state index in [1.165, 1.54) is 0 Å². The lowest BCUT2D eigenvalue weighted by Gasteiger charge is -2.17. The molecule has 118 valence electrons. The van der Waals surface area contributed by atoms with E-state index in [9.17, 15) is 9.59 Å². The predicted octanol–water partition coefficient (Wildman–Crippen LogP) is -3.00. The van der Waals surface area contributed by atoms with Gasteiger partial charge in [0.25, 0.3) is 5.91 Å². The van der Waals surface area contributed by atoms with Gasteiger partial charge in [-0.1, -0.05) is 43.7 Å². The van der Waals surface area contributed by atoms with Crippen molar-refractivity contribution in [2.75, 3.05) is 0 Å². The lowest BCUT2D eigenvalue weighted by atomic mass is 10.0. The van der Waals surface area contributed by atoms with Crippen molar-refractivity contribution in [2.45, 2.75) is 44.7 Å². The van der Waals surface area contributed by atoms with Gasteiger partial charge < -0.3 is 29.2 Å². The van der Waals surface area contributed by atoms with Gasteiger partial charge in [-0.25, -0.2) is 0 Å². The Balaban J connectivity index is 0.00000400. The van der Waals surface area contributed by atoms with Crippen LogP contribution in [0.2, 0.25) is 0 Å². The second kappa shape index (κ2) is 10.2. The Morgan fingerprint density at radius 3 is 2.43 bits per heavy atom. The number of benzene rings is 1. The first-order valence-electron chi connectivity index (χ1n) is 7.01. The first-order valence-corrected chi connectivity index (χ1v) is 7.01. The lowest BCUT2D eigenvalue weighted by Crippen LogP contribution is -3.00. The minimum Gasteiger partial charge on any atom is -1.00 e. The third-order valence-corrected chi connectivity index (χ3v) is 3.22. The molecule has 0 radical (unpaired) electrons. The van der Waals surface area contributed by atoms with Gasteiger partial charge in [-0.15, -0.1) is 0 Å². The molecule has 1 aromatic rings. The van der Waals surface area contributed by atoms with Crippen molar-refractivity contribution >= 4 is 11.8 Å². The quantitative estimate of drug-likeness (QED) is 0.477. The minimum atomic E-state index is -0.684. The zero-order valence-electron chi connectivity index (χ0n) is 12.3. The number of carbonyl (C=O) groups is 2. The molecule has 0 aliphatic carbocycles. The summed E-state index contributed by atoms with van der Waals surface area (Å²) >= 11 is 0. The van der Waals surface area contributed by atoms with Gasteiger partial charge >= 0.3 is 0 Å². The van der Waals surface area contributed by atoms with E-state index in [0.717, 1.165) is 24.8 Å². The maximum Gasteiger partial charge on any atom is 0.278 e. The predicted molar refractivity (Wildman–Crippen MR) is 77.5 cm³/mol. The van der Waals surface area contributed by atoms with Gasteiger partial charge in [0, 0.05) is 12.8 Å². The monoisotopic (exact) mass is 313 g/mol. The number of carbonyl (C=O) groups excluding carboxylic acids is 2. The summed E-state index contributed by atoms with van der Waals surface area (Å²) in [6.07, 6.45) is 3.09. The second-order valence-electron chi connectivity index (χ2n) is 4.99. The number of nitrogens with one attached hydrogen (secondary N) is 1. The molecule has 2 atom stereocenters. The average Bonchev–Trinajstić information content (AvgIpc) is 2.44. The molecule has 0 fully saturated rings. The second-order valence-corrected chi connectivity index (χ2v) is 4.99. The van der Waals surface area contributed by atoms with E-state index >= 15 is 0 Å². The van der Waals surface area contributed by atoms with Gasteiger partial charge in [0.2, 0.25) is 5.91 Å². The minimum absolute atomic E-state index is 0. The summed E-state index contributed by atoms with van der Waals surface area (Å²) in [5.41, 5.74) is 10.2. The van der Waals surface area contributed by atoms with Crippen LogP contribution in [0.1, 0.15) is 31.7 Å². The molecule has 5 nitrogen and oxygen atoms in total. The maximum absolute atomic E-state index is 12.0. The number of amides is 2. The molecule has 2 amide bonds. The van der Waals surface area contributed by atoms with E-state index in [-0.39, 0.29) is 24.4 Å². The SMILES string of the molecule is CCCC[C@H]([NH3+])C(=O)N[C@@H](Cc1ccccc1)C(N)=O.[Cl-]. The van der Waals surface area contributed by atoms with Crippen LogP contribution in [0.4, 0.5) is 0 Å². The van der Waals surface area contributed by atoms with E-state index in [4.69, 9.17) is 5.73 Å². The fourth-order valence-corrected chi connectivity index (χ4v) is 1.94. The number of quaternary nitrogens is 1. The fourth-order valence-electron chi connectivity index (χ4n) is 1.94. The van der Waals surface area contributed by atoms with E-state index in [1.807, 2.05) is 30.3 Å². The standard InChI is InChI=1S/C15H23N3O2.ClH/c1-2-3-9-12(16)15(20)18-13(14(17)19)10-11-7-5-4-6-8-11;/h4-8,12-13H,2-3,9-10,16H2,1H3,(H2,17,19)(H,18,20);1H/t12-,13-;/m0./s1. The molecule has 21 heavy (non-hydrogen) atoms. The highest BCUT2D eigenvalue weighted by Gasteiger charge is 2.23. The first-order chi connectivity index (χ1) is 9.54. The molecule has 0 aliphatic heterocycles. The highest BCUT2D eigenvalue weighted by atomic mass is 35.5. The summed E-state index contributed by atoms with van der Waals surface area (Å²) in [4.78, 5) is 23.4. The van der Waals surface area contributed by atoms with Crippen molar-refractivity contribution in [3.05, 3.63) is 35.9 Å². The molecule has 0 aliphatic rings. The Morgan fingerprint density at radius 2 is 1.90 bits per heavy atom. The van der Waals surface area contributed by atoms with Crippen LogP contribution in [0.15, 0.2) is 30.3 Å². The summed E-state index contributed by atoms with van der Waals surface area (Å²) in [7, 11) is 0. The number of rotatable bonds is 8. The van der Waals surface area contributed by atoms with Crippen molar-refractivity contribution in [3.63, 3.8) is 0 Å². The number of hydrogen-bond donors (Lipinski definition) is 3. The zero-order chi connectivity index (χ0) is 15.0. The van der Waals surface area contributed by atoms with Crippen LogP contribution in [0, 0.1) is 0 Å². The highest BCUT2D eigenvalue weighted by molar-refractivity contribution is 5.88. The molecule has 0 heterocycles. The van der Waals surface area contributed by atoms with Crippen LogP contribution in [-0.2, 0) is 16.0 Å². The summed E-state index contributed by atoms with van der Waals surface area (Å²) in [6.45, 7) is 2.06. The third kappa shape index (κ3) is 7.11. The number of halogens is 1. The number of nitrogens with two attached hydrogens (primary N) is 1. The van der Waals surface area contributed by atoms with Gasteiger partial charge in [0.15, 0.2) is 6.04 Å². The van der Waals surface area contributed by atoms with Crippen molar-refractivity contribution < 1.29 is 27.7 Å². The Labute approximate surface area is 131 Å². The summed E-state index contributed by atoms with van der Waals surface area (Å²) in [6, 6.07) is 8.46. The van der Waals surface area contributed by atoms with Crippen molar-refractivity contribution in [2.24, 2.45) is 5.73 Å². The Bertz CT molecular complexity index is 440. The molecule has 0 bridgehead atoms. The largest absolute Gasteiger partial charge is 1.00 e. The number of hydrogen-bond acceptors (Lipinski definition) is 2. The van der Waals surface area contributed by atoms with Gasteiger partial charge in [-0.05, 0) is 12.0 Å². The lowest BCUT2D eigenvalue weighted by molar-refractivity contribution is -0.405. The van der Waals surface area contributed by atoms with Crippen LogP contribution < -0.4 is 29.2 Å². The van der Waals surface area contributed by atoms with E-state index in [2.05, 4.69) is 18.0 Å². The maximum atomic E-state index is 12.0. The molecular weight excluding hydrogens is 290 g/mol. The highest BCUT2D eigenvalue weighted by Crippen LogP contribution is 2.04. The van der Waals surface area contributed by atoms with Crippen LogP contribution in [-0.4, -0.2) is 23.9 Å². The van der Waals surface area contributed by atoms with Crippen molar-refractivity contribution in [1.82, 2.24) is 5.32 Å². The van der Waals surface area contributed by atoms with Crippen LogP contribution >= 0.6 is 0 Å². The van der Waals surface area contributed by atoms with E-state index in [1.54, 1.807) is 0 Å². The van der Waals surface area contributed by atoms with Gasteiger partial charge in [-0.2, -0.15) is 0 Å². The van der Waals surface area contributed by atoms with E-state index in [0.29, 0.717) is 6.42 Å². The van der Waals surface area contributed by atoms with Crippen LogP contribution in [0.5, 0.6) is 0 Å². The molecule has 0 saturated carbocycles. The van der Waals surface area contributed by atoms with E-state index < -0.39 is 11.9 Å². The molecule has 6 N–H and O–H groups in total. The first kappa shape index (κ1) is 19.4. The molecule has 0 unspecified atom stereocenters.